The van der Waals surface area contributed by atoms with Crippen LogP contribution in [0.25, 0.3) is 5.57 Å². The topological polar surface area (TPSA) is 40.5 Å². The zero-order valence-corrected chi connectivity index (χ0v) is 17.1. The standard InChI is InChI=1S/C26H31NO2/c28-26(29)13-5-7-20-16-18-27(19-20)17-6-12-25-23-10-3-1-8-21(23)14-15-22-9-2-4-11-24(22)25/h1-4,8-12,20H,5-7,13-19H2,(H,28,29). The minimum atomic E-state index is -0.671. The van der Waals surface area contributed by atoms with Gasteiger partial charge in [-0.15, -0.1) is 0 Å². The van der Waals surface area contributed by atoms with Crippen molar-refractivity contribution in [2.24, 2.45) is 5.92 Å². The highest BCUT2D eigenvalue weighted by Gasteiger charge is 2.22. The van der Waals surface area contributed by atoms with E-state index in [1.807, 2.05) is 0 Å². The number of carbonyl (C=O) groups is 1. The Kier molecular flexibility index (Phi) is 6.46. The molecule has 0 radical (unpaired) electrons. The molecule has 2 aliphatic rings. The number of hydrogen-bond acceptors (Lipinski definition) is 2. The molecule has 0 saturated carbocycles. The zero-order valence-electron chi connectivity index (χ0n) is 17.1. The second kappa shape index (κ2) is 9.41. The summed E-state index contributed by atoms with van der Waals surface area (Å²) in [5, 5.41) is 8.82. The summed E-state index contributed by atoms with van der Waals surface area (Å²) < 4.78 is 0. The molecule has 1 heterocycles. The normalized spacial score (nSPS) is 18.8. The molecule has 2 aromatic carbocycles. The van der Waals surface area contributed by atoms with E-state index in [2.05, 4.69) is 59.5 Å². The van der Waals surface area contributed by atoms with E-state index in [-0.39, 0.29) is 0 Å². The molecule has 1 aliphatic carbocycles. The van der Waals surface area contributed by atoms with Gasteiger partial charge in [-0.3, -0.25) is 4.79 Å². The van der Waals surface area contributed by atoms with E-state index >= 15 is 0 Å². The Balaban J connectivity index is 1.42. The van der Waals surface area contributed by atoms with Gasteiger partial charge in [0.15, 0.2) is 0 Å². The third-order valence-corrected chi connectivity index (χ3v) is 6.45. The molecule has 1 N–H and O–H groups in total. The average molecular weight is 390 g/mol. The van der Waals surface area contributed by atoms with Crippen molar-refractivity contribution in [2.75, 3.05) is 19.6 Å². The van der Waals surface area contributed by atoms with Crippen molar-refractivity contribution in [1.29, 1.82) is 0 Å². The minimum absolute atomic E-state index is 0.307. The Morgan fingerprint density at radius 1 is 1.03 bits per heavy atom. The van der Waals surface area contributed by atoms with Crippen LogP contribution < -0.4 is 0 Å². The first-order valence-corrected chi connectivity index (χ1v) is 11.0. The number of aliphatic carboxylic acids is 1. The number of benzene rings is 2. The van der Waals surface area contributed by atoms with Gasteiger partial charge in [0, 0.05) is 19.5 Å². The fourth-order valence-corrected chi connectivity index (χ4v) is 4.92. The lowest BCUT2D eigenvalue weighted by Gasteiger charge is -2.16. The van der Waals surface area contributed by atoms with Crippen LogP contribution in [0.5, 0.6) is 0 Å². The van der Waals surface area contributed by atoms with Crippen LogP contribution in [0.15, 0.2) is 54.6 Å². The molecular formula is C26H31NO2. The van der Waals surface area contributed by atoms with E-state index in [4.69, 9.17) is 5.11 Å². The first-order chi connectivity index (χ1) is 14.2. The maximum Gasteiger partial charge on any atom is 0.303 e. The second-order valence-electron chi connectivity index (χ2n) is 8.46. The minimum Gasteiger partial charge on any atom is -0.481 e. The predicted octanol–water partition coefficient (Wildman–Crippen LogP) is 5.18. The summed E-state index contributed by atoms with van der Waals surface area (Å²) in [5.41, 5.74) is 7.09. The van der Waals surface area contributed by atoms with Crippen LogP contribution in [0, 0.1) is 5.92 Å². The van der Waals surface area contributed by atoms with Gasteiger partial charge in [-0.05, 0) is 78.8 Å². The molecule has 1 aliphatic heterocycles. The second-order valence-corrected chi connectivity index (χ2v) is 8.46. The van der Waals surface area contributed by atoms with Crippen LogP contribution in [0.2, 0.25) is 0 Å². The summed E-state index contributed by atoms with van der Waals surface area (Å²) in [4.78, 5) is 13.3. The third-order valence-electron chi connectivity index (χ3n) is 6.45. The number of likely N-dealkylation sites (tertiary alicyclic amines) is 1. The molecule has 3 heteroatoms. The van der Waals surface area contributed by atoms with Crippen molar-refractivity contribution < 1.29 is 9.90 Å². The summed E-state index contributed by atoms with van der Waals surface area (Å²) in [6, 6.07) is 17.7. The number of fused-ring (bicyclic) bond motifs is 2. The van der Waals surface area contributed by atoms with Gasteiger partial charge < -0.3 is 10.0 Å². The SMILES string of the molecule is O=C(O)CCCC1CCN(CCC=C2c3ccccc3CCc3ccccc32)C1. The van der Waals surface area contributed by atoms with Gasteiger partial charge in [0.05, 0.1) is 0 Å². The van der Waals surface area contributed by atoms with Crippen LogP contribution in [0.4, 0.5) is 0 Å². The molecule has 0 spiro atoms. The first kappa shape index (κ1) is 19.9. The molecule has 152 valence electrons. The van der Waals surface area contributed by atoms with Crippen molar-refractivity contribution in [1.82, 2.24) is 4.90 Å². The molecule has 29 heavy (non-hydrogen) atoms. The van der Waals surface area contributed by atoms with E-state index < -0.39 is 5.97 Å². The van der Waals surface area contributed by atoms with Gasteiger partial charge in [-0.1, -0.05) is 54.6 Å². The smallest absolute Gasteiger partial charge is 0.303 e. The van der Waals surface area contributed by atoms with Gasteiger partial charge >= 0.3 is 5.97 Å². The van der Waals surface area contributed by atoms with Gasteiger partial charge in [0.2, 0.25) is 0 Å². The van der Waals surface area contributed by atoms with Crippen molar-refractivity contribution in [2.45, 2.75) is 44.9 Å². The molecule has 0 bridgehead atoms. The average Bonchev–Trinajstić information content (AvgIpc) is 3.11. The van der Waals surface area contributed by atoms with Crippen LogP contribution in [-0.4, -0.2) is 35.6 Å². The van der Waals surface area contributed by atoms with E-state index in [1.54, 1.807) is 0 Å². The van der Waals surface area contributed by atoms with Crippen molar-refractivity contribution in [3.8, 4) is 0 Å². The van der Waals surface area contributed by atoms with Crippen molar-refractivity contribution >= 4 is 11.5 Å². The zero-order chi connectivity index (χ0) is 20.1. The van der Waals surface area contributed by atoms with Crippen molar-refractivity contribution in [3.05, 3.63) is 76.9 Å². The molecule has 0 aromatic heterocycles. The molecule has 1 fully saturated rings. The van der Waals surface area contributed by atoms with E-state index in [0.29, 0.717) is 12.3 Å². The third kappa shape index (κ3) is 4.97. The lowest BCUT2D eigenvalue weighted by molar-refractivity contribution is -0.137. The summed E-state index contributed by atoms with van der Waals surface area (Å²) in [7, 11) is 0. The molecule has 2 aromatic rings. The van der Waals surface area contributed by atoms with Crippen LogP contribution in [0.1, 0.15) is 54.4 Å². The molecule has 3 nitrogen and oxygen atoms in total. The number of nitrogens with zero attached hydrogens (tertiary/aromatic N) is 1. The molecule has 1 atom stereocenters. The summed E-state index contributed by atoms with van der Waals surface area (Å²) in [6.07, 6.45) is 9.09. The Morgan fingerprint density at radius 2 is 1.69 bits per heavy atom. The van der Waals surface area contributed by atoms with Crippen LogP contribution in [-0.2, 0) is 17.6 Å². The monoisotopic (exact) mass is 389 g/mol. The molecule has 0 amide bonds. The fraction of sp³-hybridized carbons (Fsp3) is 0.423. The summed E-state index contributed by atoms with van der Waals surface area (Å²) in [6.45, 7) is 3.35. The quantitative estimate of drug-likeness (QED) is 0.709. The maximum absolute atomic E-state index is 10.7. The summed E-state index contributed by atoms with van der Waals surface area (Å²) >= 11 is 0. The number of hydrogen-bond donors (Lipinski definition) is 1. The highest BCUT2D eigenvalue weighted by Crippen LogP contribution is 2.33. The van der Waals surface area contributed by atoms with Gasteiger partial charge in [-0.2, -0.15) is 0 Å². The summed E-state index contributed by atoms with van der Waals surface area (Å²) in [5.74, 6) is -0.00298. The fourth-order valence-electron chi connectivity index (χ4n) is 4.92. The maximum atomic E-state index is 10.7. The lowest BCUT2D eigenvalue weighted by atomic mass is 9.93. The highest BCUT2D eigenvalue weighted by molar-refractivity contribution is 5.83. The molecular weight excluding hydrogens is 358 g/mol. The lowest BCUT2D eigenvalue weighted by Crippen LogP contribution is -2.21. The largest absolute Gasteiger partial charge is 0.481 e. The van der Waals surface area contributed by atoms with Gasteiger partial charge in [0.25, 0.3) is 0 Å². The number of carboxylic acid groups (broad SMARTS) is 1. The molecule has 1 unspecified atom stereocenters. The van der Waals surface area contributed by atoms with Crippen LogP contribution in [0.3, 0.4) is 0 Å². The number of aryl methyl sites for hydroxylation is 2. The Bertz CT molecular complexity index is 836. The van der Waals surface area contributed by atoms with Gasteiger partial charge in [0.1, 0.15) is 0 Å². The van der Waals surface area contributed by atoms with E-state index in [1.165, 1.54) is 34.2 Å². The van der Waals surface area contributed by atoms with Crippen LogP contribution >= 0.6 is 0 Å². The van der Waals surface area contributed by atoms with Crippen molar-refractivity contribution in [3.63, 3.8) is 0 Å². The van der Waals surface area contributed by atoms with E-state index in [0.717, 1.165) is 51.7 Å². The molecule has 1 saturated heterocycles. The Labute approximate surface area is 174 Å². The van der Waals surface area contributed by atoms with Gasteiger partial charge in [-0.25, -0.2) is 0 Å². The Morgan fingerprint density at radius 3 is 2.34 bits per heavy atom. The first-order valence-electron chi connectivity index (χ1n) is 11.0. The highest BCUT2D eigenvalue weighted by atomic mass is 16.4. The Hall–Kier alpha value is -2.39. The molecule has 4 rings (SSSR count). The van der Waals surface area contributed by atoms with E-state index in [9.17, 15) is 4.79 Å². The number of rotatable bonds is 7. The predicted molar refractivity (Wildman–Crippen MR) is 118 cm³/mol. The number of carboxylic acids is 1.